The van der Waals surface area contributed by atoms with Crippen LogP contribution in [0.15, 0.2) is 36.5 Å². The number of rotatable bonds is 2. The van der Waals surface area contributed by atoms with Crippen molar-refractivity contribution >= 4 is 22.6 Å². The number of aliphatic carboxylic acids is 1. The number of hydrogen-bond acceptors (Lipinski definition) is 4. The molecule has 2 saturated heterocycles. The highest BCUT2D eigenvalue weighted by Gasteiger charge is 2.54. The second-order valence-corrected chi connectivity index (χ2v) is 6.23. The third-order valence-electron chi connectivity index (χ3n) is 5.06. The summed E-state index contributed by atoms with van der Waals surface area (Å²) in [7, 11) is 0. The van der Waals surface area contributed by atoms with Gasteiger partial charge in [-0.25, -0.2) is 0 Å². The van der Waals surface area contributed by atoms with E-state index < -0.39 is 11.4 Å². The summed E-state index contributed by atoms with van der Waals surface area (Å²) >= 11 is 0. The summed E-state index contributed by atoms with van der Waals surface area (Å²) in [5.41, 5.74) is 1.24. The van der Waals surface area contributed by atoms with E-state index in [1.165, 1.54) is 0 Å². The van der Waals surface area contributed by atoms with Crippen molar-refractivity contribution in [2.24, 2.45) is 11.3 Å². The van der Waals surface area contributed by atoms with Crippen LogP contribution in [0.25, 0.3) is 10.9 Å². The summed E-state index contributed by atoms with van der Waals surface area (Å²) in [6.07, 6.45) is 2.61. The van der Waals surface area contributed by atoms with E-state index in [1.807, 2.05) is 30.3 Å². The standard InChI is InChI=1S/C17H18N2O3/c20-16(21)17-10-19(9-12(17)6-8-22-11-17)15-5-7-18-14-4-2-1-3-13(14)15/h1-5,7,12H,6,8-11H2,(H,20,21)/t12-,17+/m0/s1. The van der Waals surface area contributed by atoms with Crippen molar-refractivity contribution < 1.29 is 14.6 Å². The van der Waals surface area contributed by atoms with Crippen LogP contribution in [0.3, 0.4) is 0 Å². The lowest BCUT2D eigenvalue weighted by molar-refractivity contribution is -0.159. The number of pyridine rings is 1. The van der Waals surface area contributed by atoms with Crippen LogP contribution >= 0.6 is 0 Å². The first-order valence-electron chi connectivity index (χ1n) is 7.60. The van der Waals surface area contributed by atoms with E-state index in [0.717, 1.165) is 29.6 Å². The molecule has 4 rings (SSSR count). The second-order valence-electron chi connectivity index (χ2n) is 6.23. The molecule has 1 aromatic heterocycles. The second kappa shape index (κ2) is 4.95. The predicted molar refractivity (Wildman–Crippen MR) is 83.0 cm³/mol. The highest BCUT2D eigenvalue weighted by Crippen LogP contribution is 2.44. The lowest BCUT2D eigenvalue weighted by atomic mass is 9.76. The molecular formula is C17H18N2O3. The molecule has 0 spiro atoms. The molecule has 2 fully saturated rings. The van der Waals surface area contributed by atoms with E-state index in [1.54, 1.807) is 6.20 Å². The fourth-order valence-electron chi connectivity index (χ4n) is 3.83. The van der Waals surface area contributed by atoms with Crippen molar-refractivity contribution in [2.75, 3.05) is 31.2 Å². The van der Waals surface area contributed by atoms with Gasteiger partial charge >= 0.3 is 5.97 Å². The van der Waals surface area contributed by atoms with Crippen LogP contribution in [-0.2, 0) is 9.53 Å². The fraction of sp³-hybridized carbons (Fsp3) is 0.412. The van der Waals surface area contributed by atoms with Gasteiger partial charge in [0.1, 0.15) is 5.41 Å². The van der Waals surface area contributed by atoms with E-state index >= 15 is 0 Å². The Bertz CT molecular complexity index is 727. The van der Waals surface area contributed by atoms with Crippen molar-refractivity contribution in [3.63, 3.8) is 0 Å². The molecule has 1 N–H and O–H groups in total. The van der Waals surface area contributed by atoms with Gasteiger partial charge in [-0.15, -0.1) is 0 Å². The van der Waals surface area contributed by atoms with Gasteiger partial charge in [0.05, 0.1) is 12.1 Å². The van der Waals surface area contributed by atoms with Gasteiger partial charge < -0.3 is 14.7 Å². The maximum Gasteiger partial charge on any atom is 0.314 e. The van der Waals surface area contributed by atoms with Gasteiger partial charge in [-0.3, -0.25) is 9.78 Å². The molecule has 3 heterocycles. The zero-order chi connectivity index (χ0) is 15.2. The highest BCUT2D eigenvalue weighted by atomic mass is 16.5. The average molecular weight is 298 g/mol. The number of hydrogen-bond donors (Lipinski definition) is 1. The summed E-state index contributed by atoms with van der Waals surface area (Å²) < 4.78 is 5.50. The highest BCUT2D eigenvalue weighted by molar-refractivity contribution is 5.92. The third-order valence-corrected chi connectivity index (χ3v) is 5.06. The Hall–Kier alpha value is -2.14. The molecule has 0 amide bonds. The van der Waals surface area contributed by atoms with E-state index in [4.69, 9.17) is 4.74 Å². The van der Waals surface area contributed by atoms with Crippen LogP contribution in [0.5, 0.6) is 0 Å². The molecule has 1 aromatic carbocycles. The molecule has 2 aliphatic heterocycles. The fourth-order valence-corrected chi connectivity index (χ4v) is 3.83. The Kier molecular flexibility index (Phi) is 3.04. The van der Waals surface area contributed by atoms with Crippen LogP contribution < -0.4 is 4.90 Å². The van der Waals surface area contributed by atoms with E-state index in [-0.39, 0.29) is 5.92 Å². The van der Waals surface area contributed by atoms with Crippen LogP contribution in [0.4, 0.5) is 5.69 Å². The molecule has 2 aromatic rings. The first kappa shape index (κ1) is 13.5. The van der Waals surface area contributed by atoms with Gasteiger partial charge in [0.25, 0.3) is 0 Å². The molecule has 0 unspecified atom stereocenters. The van der Waals surface area contributed by atoms with Crippen molar-refractivity contribution in [1.29, 1.82) is 0 Å². The number of anilines is 1. The number of carboxylic acids is 1. The predicted octanol–water partition coefficient (Wildman–Crippen LogP) is 2.16. The van der Waals surface area contributed by atoms with Gasteiger partial charge in [-0.2, -0.15) is 0 Å². The summed E-state index contributed by atoms with van der Waals surface area (Å²) in [6, 6.07) is 9.97. The molecule has 22 heavy (non-hydrogen) atoms. The molecule has 114 valence electrons. The Labute approximate surface area is 128 Å². The Morgan fingerprint density at radius 2 is 2.23 bits per heavy atom. The summed E-state index contributed by atoms with van der Waals surface area (Å²) in [5.74, 6) is -0.594. The van der Waals surface area contributed by atoms with Crippen molar-refractivity contribution in [1.82, 2.24) is 4.98 Å². The molecular weight excluding hydrogens is 280 g/mol. The largest absolute Gasteiger partial charge is 0.481 e. The molecule has 2 aliphatic rings. The number of fused-ring (bicyclic) bond motifs is 2. The minimum absolute atomic E-state index is 0.144. The van der Waals surface area contributed by atoms with Crippen molar-refractivity contribution in [3.05, 3.63) is 36.5 Å². The zero-order valence-corrected chi connectivity index (χ0v) is 12.2. The number of nitrogens with zero attached hydrogens (tertiary/aromatic N) is 2. The number of carbonyl (C=O) groups is 1. The van der Waals surface area contributed by atoms with Gasteiger partial charge in [-0.1, -0.05) is 18.2 Å². The SMILES string of the molecule is O=C(O)[C@]12COCC[C@H]1CN(c1ccnc3ccccc13)C2. The van der Waals surface area contributed by atoms with E-state index in [0.29, 0.717) is 19.8 Å². The smallest absolute Gasteiger partial charge is 0.314 e. The van der Waals surface area contributed by atoms with E-state index in [9.17, 15) is 9.90 Å². The summed E-state index contributed by atoms with van der Waals surface area (Å²) in [4.78, 5) is 18.5. The molecule has 2 atom stereocenters. The molecule has 0 bridgehead atoms. The van der Waals surface area contributed by atoms with Gasteiger partial charge in [0, 0.05) is 37.0 Å². The van der Waals surface area contributed by atoms with Crippen LogP contribution in [-0.4, -0.2) is 42.4 Å². The topological polar surface area (TPSA) is 62.7 Å². The third kappa shape index (κ3) is 1.89. The van der Waals surface area contributed by atoms with Gasteiger partial charge in [0.15, 0.2) is 0 Å². The lowest BCUT2D eigenvalue weighted by Gasteiger charge is -2.33. The summed E-state index contributed by atoms with van der Waals surface area (Å²) in [6.45, 7) is 2.24. The normalized spacial score (nSPS) is 27.8. The number of carboxylic acid groups (broad SMARTS) is 1. The first-order valence-corrected chi connectivity index (χ1v) is 7.60. The molecule has 0 radical (unpaired) electrons. The molecule has 5 nitrogen and oxygen atoms in total. The maximum absolute atomic E-state index is 11.9. The van der Waals surface area contributed by atoms with Crippen LogP contribution in [0, 0.1) is 11.3 Å². The van der Waals surface area contributed by atoms with Gasteiger partial charge in [0.2, 0.25) is 0 Å². The number of aromatic nitrogens is 1. The monoisotopic (exact) mass is 298 g/mol. The first-order chi connectivity index (χ1) is 10.7. The van der Waals surface area contributed by atoms with Crippen molar-refractivity contribution in [2.45, 2.75) is 6.42 Å². The maximum atomic E-state index is 11.9. The molecule has 0 aliphatic carbocycles. The Morgan fingerprint density at radius 1 is 1.36 bits per heavy atom. The minimum Gasteiger partial charge on any atom is -0.481 e. The molecule has 0 saturated carbocycles. The Balaban J connectivity index is 1.76. The van der Waals surface area contributed by atoms with Crippen molar-refractivity contribution in [3.8, 4) is 0 Å². The number of benzene rings is 1. The summed E-state index contributed by atoms with van der Waals surface area (Å²) in [5, 5.41) is 10.8. The van der Waals surface area contributed by atoms with Gasteiger partial charge in [-0.05, 0) is 24.5 Å². The number of para-hydroxylation sites is 1. The van der Waals surface area contributed by atoms with Crippen LogP contribution in [0.1, 0.15) is 6.42 Å². The van der Waals surface area contributed by atoms with E-state index in [2.05, 4.69) is 9.88 Å². The Morgan fingerprint density at radius 3 is 3.05 bits per heavy atom. The van der Waals surface area contributed by atoms with Crippen LogP contribution in [0.2, 0.25) is 0 Å². The average Bonchev–Trinajstić information content (AvgIpc) is 2.95. The number of ether oxygens (including phenoxy) is 1. The molecule has 5 heteroatoms. The minimum atomic E-state index is -0.775. The lowest BCUT2D eigenvalue weighted by Crippen LogP contribution is -2.46. The zero-order valence-electron chi connectivity index (χ0n) is 12.2. The quantitative estimate of drug-likeness (QED) is 0.920.